The molecule has 1 aromatic carbocycles. The number of nitrogens with zero attached hydrogens (tertiary/aromatic N) is 3. The van der Waals surface area contributed by atoms with E-state index in [1.165, 1.54) is 5.56 Å². The highest BCUT2D eigenvalue weighted by Crippen LogP contribution is 2.30. The van der Waals surface area contributed by atoms with Crippen molar-refractivity contribution in [3.63, 3.8) is 0 Å². The van der Waals surface area contributed by atoms with Crippen LogP contribution in [0.1, 0.15) is 37.3 Å². The number of benzene rings is 1. The lowest BCUT2D eigenvalue weighted by atomic mass is 9.94. The van der Waals surface area contributed by atoms with Crippen LogP contribution >= 0.6 is 11.6 Å². The number of halogens is 1. The van der Waals surface area contributed by atoms with E-state index in [4.69, 9.17) is 16.4 Å². The van der Waals surface area contributed by atoms with Gasteiger partial charge in [0, 0.05) is 55.1 Å². The zero-order valence-corrected chi connectivity index (χ0v) is 17.2. The Morgan fingerprint density at radius 3 is 2.79 bits per heavy atom. The molecule has 7 heteroatoms. The molecule has 1 saturated heterocycles. The number of rotatable bonds is 5. The Morgan fingerprint density at radius 1 is 1.28 bits per heavy atom. The van der Waals surface area contributed by atoms with Gasteiger partial charge in [-0.05, 0) is 37.5 Å². The number of nitrogens with one attached hydrogen (secondary N) is 1. The van der Waals surface area contributed by atoms with E-state index in [1.54, 1.807) is 13.1 Å². The van der Waals surface area contributed by atoms with Crippen molar-refractivity contribution in [1.82, 2.24) is 15.2 Å². The second-order valence-electron chi connectivity index (χ2n) is 7.90. The van der Waals surface area contributed by atoms with E-state index in [2.05, 4.69) is 26.4 Å². The third-order valence-corrected chi connectivity index (χ3v) is 5.91. The highest BCUT2D eigenvalue weighted by atomic mass is 35.5. The molecule has 0 bridgehead atoms. The average Bonchev–Trinajstić information content (AvgIpc) is 3.14. The molecular formula is C22H25ClN4O2. The fourth-order valence-corrected chi connectivity index (χ4v) is 4.07. The van der Waals surface area contributed by atoms with Crippen LogP contribution in [0.4, 0.5) is 0 Å². The van der Waals surface area contributed by atoms with Gasteiger partial charge in [-0.15, -0.1) is 0 Å². The largest absolute Gasteiger partial charge is 0.379 e. The highest BCUT2D eigenvalue weighted by Gasteiger charge is 2.43. The topological polar surface area (TPSA) is 66.8 Å². The molecule has 2 aliphatic heterocycles. The highest BCUT2D eigenvalue weighted by molar-refractivity contribution is 6.34. The zero-order chi connectivity index (χ0) is 20.3. The van der Waals surface area contributed by atoms with Crippen molar-refractivity contribution < 1.29 is 9.63 Å². The molecule has 2 aromatic rings. The number of carbonyl (C=O) groups excluding carboxylic acids is 1. The van der Waals surface area contributed by atoms with Gasteiger partial charge in [0.1, 0.15) is 0 Å². The number of pyridine rings is 1. The van der Waals surface area contributed by atoms with Crippen LogP contribution in [0, 0.1) is 0 Å². The Labute approximate surface area is 175 Å². The lowest BCUT2D eigenvalue weighted by molar-refractivity contribution is -0.142. The summed E-state index contributed by atoms with van der Waals surface area (Å²) in [5.74, 6) is -0.117. The van der Waals surface area contributed by atoms with Gasteiger partial charge in [0.05, 0.1) is 5.71 Å². The minimum Gasteiger partial charge on any atom is -0.379 e. The van der Waals surface area contributed by atoms with Crippen LogP contribution in [0.5, 0.6) is 0 Å². The normalized spacial score (nSPS) is 22.8. The molecule has 1 atom stereocenters. The van der Waals surface area contributed by atoms with Gasteiger partial charge in [-0.3, -0.25) is 14.7 Å². The number of amides is 1. The van der Waals surface area contributed by atoms with Gasteiger partial charge in [0.2, 0.25) is 5.60 Å². The van der Waals surface area contributed by atoms with Crippen molar-refractivity contribution in [3.05, 3.63) is 64.9 Å². The van der Waals surface area contributed by atoms with E-state index >= 15 is 0 Å². The predicted molar refractivity (Wildman–Crippen MR) is 113 cm³/mol. The summed E-state index contributed by atoms with van der Waals surface area (Å²) in [6.45, 7) is 4.56. The molecule has 2 aliphatic rings. The summed E-state index contributed by atoms with van der Waals surface area (Å²) in [5.41, 5.74) is 1.74. The number of hydrogen-bond acceptors (Lipinski definition) is 5. The Kier molecular flexibility index (Phi) is 5.83. The lowest BCUT2D eigenvalue weighted by Gasteiger charge is -2.33. The first kappa shape index (κ1) is 19.9. The van der Waals surface area contributed by atoms with Crippen molar-refractivity contribution in [2.45, 2.75) is 44.4 Å². The van der Waals surface area contributed by atoms with E-state index in [9.17, 15) is 4.79 Å². The van der Waals surface area contributed by atoms with Gasteiger partial charge in [-0.2, -0.15) is 0 Å². The Bertz CT molecular complexity index is 897. The molecule has 0 unspecified atom stereocenters. The second kappa shape index (κ2) is 8.51. The van der Waals surface area contributed by atoms with Crippen molar-refractivity contribution in [1.29, 1.82) is 0 Å². The summed E-state index contributed by atoms with van der Waals surface area (Å²) in [4.78, 5) is 25.0. The second-order valence-corrected chi connectivity index (χ2v) is 8.31. The van der Waals surface area contributed by atoms with Crippen LogP contribution in [0.25, 0.3) is 0 Å². The van der Waals surface area contributed by atoms with E-state index in [0.29, 0.717) is 17.2 Å². The molecule has 4 rings (SSSR count). The smallest absolute Gasteiger partial charge is 0.267 e. The lowest BCUT2D eigenvalue weighted by Crippen LogP contribution is -2.51. The van der Waals surface area contributed by atoms with Crippen molar-refractivity contribution in [2.24, 2.45) is 5.16 Å². The molecule has 1 amide bonds. The molecule has 1 fully saturated rings. The zero-order valence-electron chi connectivity index (χ0n) is 16.5. The van der Waals surface area contributed by atoms with Gasteiger partial charge in [-0.25, -0.2) is 0 Å². The number of hydrogen-bond donors (Lipinski definition) is 1. The number of aromatic nitrogens is 1. The number of carbonyl (C=O) groups is 1. The number of likely N-dealkylation sites (tertiary alicyclic amines) is 1. The standard InChI is InChI=1S/C22H25ClN4O2/c1-22(13-20(26-29-22)18-6-2-3-7-19(18)23)21(28)25-17-8-11-27(12-9-17)15-16-5-4-10-24-14-16/h2-7,10,14,17H,8-9,11-13,15H2,1H3,(H,25,28)/t22-/m0/s1. The summed E-state index contributed by atoms with van der Waals surface area (Å²) < 4.78 is 0. The monoisotopic (exact) mass is 412 g/mol. The minimum absolute atomic E-state index is 0.117. The van der Waals surface area contributed by atoms with Crippen LogP contribution in [0.3, 0.4) is 0 Å². The Morgan fingerprint density at radius 2 is 2.07 bits per heavy atom. The maximum Gasteiger partial charge on any atom is 0.267 e. The predicted octanol–water partition coefficient (Wildman–Crippen LogP) is 3.40. The van der Waals surface area contributed by atoms with Gasteiger partial charge in [0.25, 0.3) is 5.91 Å². The first-order valence-corrected chi connectivity index (χ1v) is 10.3. The van der Waals surface area contributed by atoms with Crippen LogP contribution < -0.4 is 5.32 Å². The number of piperidine rings is 1. The molecule has 0 saturated carbocycles. The van der Waals surface area contributed by atoms with Crippen molar-refractivity contribution >= 4 is 23.2 Å². The molecule has 6 nitrogen and oxygen atoms in total. The van der Waals surface area contributed by atoms with Crippen LogP contribution in [0.15, 0.2) is 53.9 Å². The van der Waals surface area contributed by atoms with E-state index < -0.39 is 5.60 Å². The van der Waals surface area contributed by atoms with Gasteiger partial charge >= 0.3 is 0 Å². The molecule has 0 spiro atoms. The maximum absolute atomic E-state index is 12.9. The molecule has 3 heterocycles. The summed E-state index contributed by atoms with van der Waals surface area (Å²) in [5, 5.41) is 7.92. The molecule has 1 N–H and O–H groups in total. The number of oxime groups is 1. The van der Waals surface area contributed by atoms with Crippen molar-refractivity contribution in [2.75, 3.05) is 13.1 Å². The fourth-order valence-electron chi connectivity index (χ4n) is 3.82. The first-order chi connectivity index (χ1) is 14.0. The van der Waals surface area contributed by atoms with E-state index in [0.717, 1.165) is 38.0 Å². The summed E-state index contributed by atoms with van der Waals surface area (Å²) in [6.07, 6.45) is 5.93. The molecular weight excluding hydrogens is 388 g/mol. The summed E-state index contributed by atoms with van der Waals surface area (Å²) in [7, 11) is 0. The molecule has 1 aromatic heterocycles. The third kappa shape index (κ3) is 4.60. The summed E-state index contributed by atoms with van der Waals surface area (Å²) >= 11 is 6.26. The average molecular weight is 413 g/mol. The fraction of sp³-hybridized carbons (Fsp3) is 0.409. The molecule has 29 heavy (non-hydrogen) atoms. The van der Waals surface area contributed by atoms with Crippen LogP contribution in [-0.4, -0.2) is 46.2 Å². The van der Waals surface area contributed by atoms with Gasteiger partial charge in [-0.1, -0.05) is 41.0 Å². The molecule has 0 radical (unpaired) electrons. The SMILES string of the molecule is C[C@@]1(C(=O)NC2CCN(Cc3cccnc3)CC2)CC(c2ccccc2Cl)=NO1. The maximum atomic E-state index is 12.9. The van der Waals surface area contributed by atoms with Crippen LogP contribution in [-0.2, 0) is 16.2 Å². The summed E-state index contributed by atoms with van der Waals surface area (Å²) in [6, 6.07) is 11.7. The van der Waals surface area contributed by atoms with Gasteiger partial charge < -0.3 is 10.2 Å². The minimum atomic E-state index is -0.999. The molecule has 0 aliphatic carbocycles. The Hall–Kier alpha value is -2.44. The van der Waals surface area contributed by atoms with E-state index in [1.807, 2.05) is 36.5 Å². The van der Waals surface area contributed by atoms with Gasteiger partial charge in [0.15, 0.2) is 0 Å². The quantitative estimate of drug-likeness (QED) is 0.817. The Balaban J connectivity index is 1.29. The first-order valence-electron chi connectivity index (χ1n) is 9.96. The van der Waals surface area contributed by atoms with Crippen LogP contribution in [0.2, 0.25) is 5.02 Å². The molecule has 152 valence electrons. The third-order valence-electron chi connectivity index (χ3n) is 5.58. The van der Waals surface area contributed by atoms with Crippen molar-refractivity contribution in [3.8, 4) is 0 Å². The van der Waals surface area contributed by atoms with E-state index in [-0.39, 0.29) is 11.9 Å².